The number of methoxy groups -OCH3 is 1. The lowest BCUT2D eigenvalue weighted by atomic mass is 10.2. The van der Waals surface area contributed by atoms with Crippen LogP contribution in [0.1, 0.15) is 0 Å². The Labute approximate surface area is 146 Å². The SMILES string of the molecule is COc1ccc(-n2[nH]c3c(cnc4c5ccccc5sc43)c2=O)cc1. The average Bonchev–Trinajstić information content (AvgIpc) is 3.20. The fourth-order valence-corrected chi connectivity index (χ4v) is 4.27. The molecule has 2 aromatic carbocycles. The van der Waals surface area contributed by atoms with Gasteiger partial charge in [0.25, 0.3) is 5.56 Å². The third-order valence-electron chi connectivity index (χ3n) is 4.38. The summed E-state index contributed by atoms with van der Waals surface area (Å²) < 4.78 is 8.90. The minimum Gasteiger partial charge on any atom is -0.497 e. The molecule has 0 amide bonds. The van der Waals surface area contributed by atoms with Gasteiger partial charge in [-0.3, -0.25) is 14.9 Å². The first-order valence-corrected chi connectivity index (χ1v) is 8.63. The van der Waals surface area contributed by atoms with Gasteiger partial charge in [-0.1, -0.05) is 18.2 Å². The standard InChI is InChI=1S/C19H13N3O2S/c1-24-12-8-6-11(7-9-12)22-19(23)14-10-20-16-13-4-2-3-5-15(13)25-18(16)17(14)21-22/h2-10,21H,1H3. The van der Waals surface area contributed by atoms with Gasteiger partial charge in [0, 0.05) is 16.3 Å². The first-order chi connectivity index (χ1) is 12.3. The Morgan fingerprint density at radius 2 is 1.88 bits per heavy atom. The summed E-state index contributed by atoms with van der Waals surface area (Å²) in [5, 5.41) is 4.96. The van der Waals surface area contributed by atoms with E-state index in [4.69, 9.17) is 4.74 Å². The van der Waals surface area contributed by atoms with Crippen LogP contribution in [0.3, 0.4) is 0 Å². The Morgan fingerprint density at radius 1 is 1.08 bits per heavy atom. The number of hydrogen-bond acceptors (Lipinski definition) is 4. The molecule has 0 spiro atoms. The van der Waals surface area contributed by atoms with Crippen LogP contribution in [-0.4, -0.2) is 21.9 Å². The van der Waals surface area contributed by atoms with E-state index in [1.165, 1.54) is 0 Å². The predicted molar refractivity (Wildman–Crippen MR) is 101 cm³/mol. The molecule has 3 aromatic heterocycles. The fourth-order valence-electron chi connectivity index (χ4n) is 3.11. The molecule has 0 radical (unpaired) electrons. The van der Waals surface area contributed by atoms with E-state index < -0.39 is 0 Å². The van der Waals surface area contributed by atoms with Crippen LogP contribution in [0, 0.1) is 0 Å². The second-order valence-corrected chi connectivity index (χ2v) is 6.83. The summed E-state index contributed by atoms with van der Waals surface area (Å²) >= 11 is 1.65. The molecule has 0 atom stereocenters. The molecule has 1 N–H and O–H groups in total. The molecule has 25 heavy (non-hydrogen) atoms. The number of pyridine rings is 1. The molecule has 5 rings (SSSR count). The Kier molecular flexibility index (Phi) is 2.96. The molecule has 0 fully saturated rings. The third kappa shape index (κ3) is 2.01. The summed E-state index contributed by atoms with van der Waals surface area (Å²) in [5.74, 6) is 0.751. The lowest BCUT2D eigenvalue weighted by Crippen LogP contribution is -2.14. The molecular weight excluding hydrogens is 334 g/mol. The van der Waals surface area contributed by atoms with E-state index in [2.05, 4.69) is 22.2 Å². The average molecular weight is 347 g/mol. The van der Waals surface area contributed by atoms with Crippen LogP contribution in [0.15, 0.2) is 59.5 Å². The number of fused-ring (bicyclic) bond motifs is 5. The van der Waals surface area contributed by atoms with E-state index in [0.717, 1.165) is 37.3 Å². The predicted octanol–water partition coefficient (Wildman–Crippen LogP) is 4.09. The Bertz CT molecular complexity index is 1300. The second kappa shape index (κ2) is 5.19. The molecule has 0 aliphatic heterocycles. The van der Waals surface area contributed by atoms with Crippen molar-refractivity contribution in [1.82, 2.24) is 14.8 Å². The Morgan fingerprint density at radius 3 is 2.68 bits per heavy atom. The summed E-state index contributed by atoms with van der Waals surface area (Å²) in [4.78, 5) is 17.4. The summed E-state index contributed by atoms with van der Waals surface area (Å²) in [5.41, 5.74) is 2.41. The molecule has 3 heterocycles. The van der Waals surface area contributed by atoms with Crippen molar-refractivity contribution in [3.05, 3.63) is 65.1 Å². The minimum atomic E-state index is -0.105. The quantitative estimate of drug-likeness (QED) is 0.523. The molecule has 6 heteroatoms. The second-order valence-electron chi connectivity index (χ2n) is 5.77. The van der Waals surface area contributed by atoms with Crippen molar-refractivity contribution in [3.8, 4) is 11.4 Å². The summed E-state index contributed by atoms with van der Waals surface area (Å²) in [6.07, 6.45) is 1.66. The van der Waals surface area contributed by atoms with E-state index in [0.29, 0.717) is 5.39 Å². The van der Waals surface area contributed by atoms with Crippen molar-refractivity contribution in [2.24, 2.45) is 0 Å². The number of H-pyrrole nitrogens is 1. The van der Waals surface area contributed by atoms with Crippen molar-refractivity contribution < 1.29 is 4.74 Å². The first-order valence-electron chi connectivity index (χ1n) is 7.81. The monoisotopic (exact) mass is 347 g/mol. The van der Waals surface area contributed by atoms with Crippen LogP contribution in [0.2, 0.25) is 0 Å². The maximum Gasteiger partial charge on any atom is 0.280 e. The zero-order valence-electron chi connectivity index (χ0n) is 13.3. The highest BCUT2D eigenvalue weighted by Crippen LogP contribution is 2.35. The number of nitrogens with one attached hydrogen (secondary N) is 1. The van der Waals surface area contributed by atoms with Gasteiger partial charge in [0.1, 0.15) is 5.75 Å². The summed E-state index contributed by atoms with van der Waals surface area (Å²) in [7, 11) is 1.62. The number of aromatic amines is 1. The van der Waals surface area contributed by atoms with Crippen molar-refractivity contribution in [1.29, 1.82) is 0 Å². The molecule has 0 saturated heterocycles. The summed E-state index contributed by atoms with van der Waals surface area (Å²) in [6.45, 7) is 0. The molecule has 0 aliphatic rings. The molecule has 0 aliphatic carbocycles. The van der Waals surface area contributed by atoms with Crippen LogP contribution >= 0.6 is 11.3 Å². The highest BCUT2D eigenvalue weighted by Gasteiger charge is 2.15. The van der Waals surface area contributed by atoms with Crippen molar-refractivity contribution in [2.75, 3.05) is 7.11 Å². The van der Waals surface area contributed by atoms with E-state index in [1.807, 2.05) is 36.4 Å². The van der Waals surface area contributed by atoms with Crippen molar-refractivity contribution in [2.45, 2.75) is 0 Å². The number of benzene rings is 2. The topological polar surface area (TPSA) is 59.9 Å². The van der Waals surface area contributed by atoms with Gasteiger partial charge in [0.2, 0.25) is 0 Å². The van der Waals surface area contributed by atoms with E-state index in [-0.39, 0.29) is 5.56 Å². The molecule has 122 valence electrons. The van der Waals surface area contributed by atoms with Gasteiger partial charge >= 0.3 is 0 Å². The van der Waals surface area contributed by atoms with Gasteiger partial charge in [0.15, 0.2) is 0 Å². The minimum absolute atomic E-state index is 0.105. The summed E-state index contributed by atoms with van der Waals surface area (Å²) in [6, 6.07) is 15.5. The first kappa shape index (κ1) is 14.2. The largest absolute Gasteiger partial charge is 0.497 e. The van der Waals surface area contributed by atoms with Crippen LogP contribution < -0.4 is 10.3 Å². The number of ether oxygens (including phenoxy) is 1. The fraction of sp³-hybridized carbons (Fsp3) is 0.0526. The molecular formula is C19H13N3O2S. The van der Waals surface area contributed by atoms with Crippen LogP contribution in [0.4, 0.5) is 0 Å². The zero-order chi connectivity index (χ0) is 17.0. The molecule has 0 saturated carbocycles. The highest BCUT2D eigenvalue weighted by molar-refractivity contribution is 7.26. The normalized spacial score (nSPS) is 11.6. The van der Waals surface area contributed by atoms with Gasteiger partial charge in [-0.25, -0.2) is 4.68 Å². The number of aromatic nitrogens is 3. The Hall–Kier alpha value is -3.12. The van der Waals surface area contributed by atoms with Crippen LogP contribution in [0.25, 0.3) is 36.9 Å². The molecule has 0 unspecified atom stereocenters. The van der Waals surface area contributed by atoms with Crippen LogP contribution in [0.5, 0.6) is 5.75 Å². The molecule has 5 aromatic rings. The van der Waals surface area contributed by atoms with E-state index in [9.17, 15) is 4.79 Å². The third-order valence-corrected chi connectivity index (χ3v) is 5.55. The smallest absolute Gasteiger partial charge is 0.280 e. The number of rotatable bonds is 2. The van der Waals surface area contributed by atoms with E-state index in [1.54, 1.807) is 29.3 Å². The van der Waals surface area contributed by atoms with E-state index >= 15 is 0 Å². The van der Waals surface area contributed by atoms with Gasteiger partial charge in [-0.15, -0.1) is 11.3 Å². The van der Waals surface area contributed by atoms with Gasteiger partial charge in [-0.2, -0.15) is 0 Å². The number of thiophene rings is 1. The zero-order valence-corrected chi connectivity index (χ0v) is 14.1. The Balaban J connectivity index is 1.82. The maximum absolute atomic E-state index is 12.8. The maximum atomic E-state index is 12.8. The van der Waals surface area contributed by atoms with Crippen molar-refractivity contribution >= 4 is 42.5 Å². The van der Waals surface area contributed by atoms with Crippen molar-refractivity contribution in [3.63, 3.8) is 0 Å². The van der Waals surface area contributed by atoms with Gasteiger partial charge in [-0.05, 0) is 30.3 Å². The molecule has 5 nitrogen and oxygen atoms in total. The van der Waals surface area contributed by atoms with Crippen LogP contribution in [-0.2, 0) is 0 Å². The van der Waals surface area contributed by atoms with Gasteiger partial charge in [0.05, 0.1) is 33.9 Å². The highest BCUT2D eigenvalue weighted by atomic mass is 32.1. The lowest BCUT2D eigenvalue weighted by molar-refractivity contribution is 0.414. The molecule has 0 bridgehead atoms. The number of hydrogen-bond donors (Lipinski definition) is 1. The lowest BCUT2D eigenvalue weighted by Gasteiger charge is -2.03. The van der Waals surface area contributed by atoms with Gasteiger partial charge < -0.3 is 4.74 Å². The number of nitrogens with zero attached hydrogens (tertiary/aromatic N) is 2.